The number of aryl methyl sites for hydroxylation is 2. The minimum atomic E-state index is -0.889. The molecular formula is C24H24N2O2S. The predicted octanol–water partition coefficient (Wildman–Crippen LogP) is 5.36. The van der Waals surface area contributed by atoms with Gasteiger partial charge in [-0.3, -0.25) is 9.88 Å². The smallest absolute Gasteiger partial charge is 0.336 e. The van der Waals surface area contributed by atoms with Gasteiger partial charge in [-0.2, -0.15) is 0 Å². The van der Waals surface area contributed by atoms with E-state index in [0.717, 1.165) is 18.5 Å². The number of nitrogens with zero attached hydrogens (tertiary/aromatic N) is 2. The van der Waals surface area contributed by atoms with Gasteiger partial charge in [-0.25, -0.2) is 4.79 Å². The van der Waals surface area contributed by atoms with Gasteiger partial charge in [-0.15, -0.1) is 0 Å². The number of fused-ring (bicyclic) bond motifs is 1. The van der Waals surface area contributed by atoms with Crippen LogP contribution in [0.1, 0.15) is 45.1 Å². The van der Waals surface area contributed by atoms with Crippen LogP contribution < -0.4 is 0 Å². The van der Waals surface area contributed by atoms with Gasteiger partial charge in [-0.1, -0.05) is 35.5 Å². The zero-order valence-corrected chi connectivity index (χ0v) is 17.4. The van der Waals surface area contributed by atoms with Crippen molar-refractivity contribution in [3.05, 3.63) is 88.7 Å². The Kier molecular flexibility index (Phi) is 5.69. The Labute approximate surface area is 175 Å². The molecule has 0 aliphatic carbocycles. The van der Waals surface area contributed by atoms with Crippen molar-refractivity contribution in [1.82, 2.24) is 9.88 Å². The van der Waals surface area contributed by atoms with Crippen LogP contribution >= 0.6 is 11.8 Å². The predicted molar refractivity (Wildman–Crippen MR) is 115 cm³/mol. The largest absolute Gasteiger partial charge is 0.478 e. The topological polar surface area (TPSA) is 53.4 Å². The van der Waals surface area contributed by atoms with Gasteiger partial charge >= 0.3 is 5.97 Å². The third kappa shape index (κ3) is 4.36. The van der Waals surface area contributed by atoms with Crippen LogP contribution in [-0.2, 0) is 13.0 Å². The summed E-state index contributed by atoms with van der Waals surface area (Å²) in [6, 6.07) is 17.2. The number of aromatic carboxylic acids is 1. The molecule has 4 rings (SSSR count). The molecule has 0 radical (unpaired) electrons. The van der Waals surface area contributed by atoms with Crippen molar-refractivity contribution < 1.29 is 9.90 Å². The summed E-state index contributed by atoms with van der Waals surface area (Å²) in [5, 5.41) is 9.39. The van der Waals surface area contributed by atoms with E-state index >= 15 is 0 Å². The molecule has 148 valence electrons. The lowest BCUT2D eigenvalue weighted by Crippen LogP contribution is -2.17. The van der Waals surface area contributed by atoms with Crippen molar-refractivity contribution in [2.75, 3.05) is 7.05 Å². The number of carboxylic acid groups (broad SMARTS) is 1. The maximum atomic E-state index is 11.4. The summed E-state index contributed by atoms with van der Waals surface area (Å²) >= 11 is 1.79. The van der Waals surface area contributed by atoms with Crippen molar-refractivity contribution in [3.63, 3.8) is 0 Å². The Morgan fingerprint density at radius 2 is 1.93 bits per heavy atom. The van der Waals surface area contributed by atoms with Gasteiger partial charge in [-0.05, 0) is 73.8 Å². The molecule has 0 spiro atoms. The molecular weight excluding hydrogens is 380 g/mol. The van der Waals surface area contributed by atoms with E-state index in [4.69, 9.17) is 0 Å². The molecule has 2 aromatic carbocycles. The highest BCUT2D eigenvalue weighted by atomic mass is 32.2. The average molecular weight is 405 g/mol. The van der Waals surface area contributed by atoms with E-state index in [1.54, 1.807) is 24.0 Å². The number of aromatic nitrogens is 1. The number of carbonyl (C=O) groups is 1. The molecule has 1 atom stereocenters. The molecule has 1 aromatic heterocycles. The molecule has 1 N–H and O–H groups in total. The lowest BCUT2D eigenvalue weighted by Gasteiger charge is -2.20. The molecule has 1 aliphatic rings. The highest BCUT2D eigenvalue weighted by Gasteiger charge is 2.27. The molecule has 0 saturated carbocycles. The van der Waals surface area contributed by atoms with Gasteiger partial charge in [0.1, 0.15) is 0 Å². The van der Waals surface area contributed by atoms with Gasteiger partial charge in [0.2, 0.25) is 0 Å². The van der Waals surface area contributed by atoms with E-state index in [1.807, 2.05) is 0 Å². The van der Waals surface area contributed by atoms with Gasteiger partial charge in [0.25, 0.3) is 0 Å². The maximum Gasteiger partial charge on any atom is 0.336 e. The fourth-order valence-corrected chi connectivity index (χ4v) is 4.85. The minimum absolute atomic E-state index is 0.297. The summed E-state index contributed by atoms with van der Waals surface area (Å²) in [6.45, 7) is 3.02. The summed E-state index contributed by atoms with van der Waals surface area (Å²) in [5.74, 6) is -0.889. The fourth-order valence-electron chi connectivity index (χ4n) is 3.97. The Bertz CT molecular complexity index is 1030. The van der Waals surface area contributed by atoms with E-state index in [0.29, 0.717) is 18.0 Å². The summed E-state index contributed by atoms with van der Waals surface area (Å²) in [7, 11) is 2.14. The highest BCUT2D eigenvalue weighted by molar-refractivity contribution is 7.99. The zero-order valence-electron chi connectivity index (χ0n) is 16.6. The normalized spacial score (nSPS) is 16.0. The SMILES string of the molecule is Cc1ccc(Sc2ccc3c(c2)CN(C)[C@H]3CCc2cnccc2C(=O)O)cc1. The Morgan fingerprint density at radius 3 is 2.69 bits per heavy atom. The Balaban J connectivity index is 1.49. The van der Waals surface area contributed by atoms with Crippen LogP contribution in [-0.4, -0.2) is 28.0 Å². The highest BCUT2D eigenvalue weighted by Crippen LogP contribution is 2.39. The van der Waals surface area contributed by atoms with Crippen molar-refractivity contribution in [1.29, 1.82) is 0 Å². The van der Waals surface area contributed by atoms with E-state index in [9.17, 15) is 9.90 Å². The second kappa shape index (κ2) is 8.39. The van der Waals surface area contributed by atoms with E-state index in [-0.39, 0.29) is 0 Å². The van der Waals surface area contributed by atoms with Crippen LogP contribution in [0, 0.1) is 6.92 Å². The first-order chi connectivity index (χ1) is 14.0. The third-order valence-corrected chi connectivity index (χ3v) is 6.50. The van der Waals surface area contributed by atoms with Crippen LogP contribution in [0.15, 0.2) is 70.7 Å². The minimum Gasteiger partial charge on any atom is -0.478 e. The van der Waals surface area contributed by atoms with Gasteiger partial charge < -0.3 is 5.11 Å². The zero-order chi connectivity index (χ0) is 20.4. The first-order valence-electron chi connectivity index (χ1n) is 9.75. The lowest BCUT2D eigenvalue weighted by molar-refractivity contribution is 0.0695. The van der Waals surface area contributed by atoms with Crippen molar-refractivity contribution in [2.24, 2.45) is 0 Å². The van der Waals surface area contributed by atoms with Crippen LogP contribution in [0.3, 0.4) is 0 Å². The number of benzene rings is 2. The Hall–Kier alpha value is -2.63. The van der Waals surface area contributed by atoms with Gasteiger partial charge in [0.05, 0.1) is 5.56 Å². The van der Waals surface area contributed by atoms with E-state index in [2.05, 4.69) is 66.3 Å². The molecule has 4 nitrogen and oxygen atoms in total. The fraction of sp³-hybridized carbons (Fsp3) is 0.250. The number of carboxylic acids is 1. The lowest BCUT2D eigenvalue weighted by atomic mass is 9.97. The molecule has 2 heterocycles. The number of hydrogen-bond acceptors (Lipinski definition) is 4. The monoisotopic (exact) mass is 404 g/mol. The molecule has 1 aliphatic heterocycles. The molecule has 5 heteroatoms. The van der Waals surface area contributed by atoms with Crippen LogP contribution in [0.4, 0.5) is 0 Å². The summed E-state index contributed by atoms with van der Waals surface area (Å²) in [4.78, 5) is 20.4. The van der Waals surface area contributed by atoms with E-state index < -0.39 is 5.97 Å². The van der Waals surface area contributed by atoms with Crippen molar-refractivity contribution in [2.45, 2.75) is 42.1 Å². The first-order valence-corrected chi connectivity index (χ1v) is 10.6. The quantitative estimate of drug-likeness (QED) is 0.599. The third-order valence-electron chi connectivity index (χ3n) is 5.50. The van der Waals surface area contributed by atoms with Gasteiger partial charge in [0.15, 0.2) is 0 Å². The van der Waals surface area contributed by atoms with Crippen LogP contribution in [0.5, 0.6) is 0 Å². The molecule has 0 saturated heterocycles. The molecule has 0 bridgehead atoms. The standard InChI is InChI=1S/C24H24N2O2S/c1-16-3-6-19(7-4-16)29-20-8-9-21-18(13-20)15-26(2)23(21)10-5-17-14-25-12-11-22(17)24(27)28/h3-4,6-9,11-14,23H,5,10,15H2,1-2H3,(H,27,28)/t23-/m0/s1. The van der Waals surface area contributed by atoms with Crippen LogP contribution in [0.2, 0.25) is 0 Å². The van der Waals surface area contributed by atoms with E-state index in [1.165, 1.54) is 32.7 Å². The molecule has 29 heavy (non-hydrogen) atoms. The summed E-state index contributed by atoms with van der Waals surface area (Å²) in [6.07, 6.45) is 4.79. The van der Waals surface area contributed by atoms with Gasteiger partial charge in [0, 0.05) is 34.8 Å². The number of rotatable bonds is 6. The number of pyridine rings is 1. The Morgan fingerprint density at radius 1 is 1.17 bits per heavy atom. The second-order valence-electron chi connectivity index (χ2n) is 7.58. The summed E-state index contributed by atoms with van der Waals surface area (Å²) < 4.78 is 0. The molecule has 3 aromatic rings. The second-order valence-corrected chi connectivity index (χ2v) is 8.73. The molecule has 0 fully saturated rings. The van der Waals surface area contributed by atoms with Crippen molar-refractivity contribution in [3.8, 4) is 0 Å². The summed E-state index contributed by atoms with van der Waals surface area (Å²) in [5.41, 5.74) is 5.13. The average Bonchev–Trinajstić information content (AvgIpc) is 3.02. The molecule has 0 amide bonds. The molecule has 0 unspecified atom stereocenters. The maximum absolute atomic E-state index is 11.4. The number of hydrogen-bond donors (Lipinski definition) is 1. The van der Waals surface area contributed by atoms with Crippen molar-refractivity contribution >= 4 is 17.7 Å². The first kappa shape index (κ1) is 19.7. The van der Waals surface area contributed by atoms with Crippen LogP contribution in [0.25, 0.3) is 0 Å².